The molecule has 2 aromatic carbocycles. The number of nitrogens with one attached hydrogen (secondary N) is 2. The summed E-state index contributed by atoms with van der Waals surface area (Å²) in [5.74, 6) is 0.429. The molecule has 3 rings (SSSR count). The highest BCUT2D eigenvalue weighted by Gasteiger charge is 2.13. The normalized spacial score (nSPS) is 11.1. The van der Waals surface area contributed by atoms with Crippen molar-refractivity contribution in [1.82, 2.24) is 20.2 Å². The maximum Gasteiger partial charge on any atom is 0.258 e. The molecule has 0 spiro atoms. The summed E-state index contributed by atoms with van der Waals surface area (Å²) in [4.78, 5) is 33.9. The molecule has 0 aliphatic heterocycles. The molecule has 1 amide bonds. The summed E-state index contributed by atoms with van der Waals surface area (Å²) in [6.07, 6.45) is 0. The summed E-state index contributed by atoms with van der Waals surface area (Å²) < 4.78 is 5.15. The number of hydrogen-bond donors (Lipinski definition) is 2. The number of benzene rings is 2. The molecule has 0 unspecified atom stereocenters. The lowest BCUT2D eigenvalue weighted by Gasteiger charge is -2.21. The summed E-state index contributed by atoms with van der Waals surface area (Å²) in [6, 6.07) is 16.9. The van der Waals surface area contributed by atoms with Gasteiger partial charge in [0.25, 0.3) is 5.56 Å². The van der Waals surface area contributed by atoms with Crippen LogP contribution < -0.4 is 10.9 Å². The van der Waals surface area contributed by atoms with Gasteiger partial charge in [0.05, 0.1) is 30.6 Å². The van der Waals surface area contributed by atoms with Crippen LogP contribution in [-0.2, 0) is 22.6 Å². The second-order valence-electron chi connectivity index (χ2n) is 6.50. The Hall–Kier alpha value is -3.03. The van der Waals surface area contributed by atoms with E-state index in [1.165, 1.54) is 0 Å². The minimum Gasteiger partial charge on any atom is -0.383 e. The molecule has 1 aromatic heterocycles. The number of hydrogen-bond acceptors (Lipinski definition) is 5. The number of aromatic nitrogens is 2. The third-order valence-electron chi connectivity index (χ3n) is 4.35. The fraction of sp³-hybridized carbons (Fsp3) is 0.286. The predicted molar refractivity (Wildman–Crippen MR) is 108 cm³/mol. The molecule has 0 aliphatic rings. The van der Waals surface area contributed by atoms with E-state index >= 15 is 0 Å². The van der Waals surface area contributed by atoms with E-state index in [2.05, 4.69) is 15.3 Å². The molecule has 0 bridgehead atoms. The minimum atomic E-state index is -0.180. The molecule has 0 saturated carbocycles. The van der Waals surface area contributed by atoms with Crippen LogP contribution in [0.3, 0.4) is 0 Å². The van der Waals surface area contributed by atoms with Crippen molar-refractivity contribution in [3.8, 4) is 0 Å². The van der Waals surface area contributed by atoms with Crippen molar-refractivity contribution >= 4 is 16.8 Å². The van der Waals surface area contributed by atoms with Gasteiger partial charge in [-0.3, -0.25) is 14.5 Å². The maximum absolute atomic E-state index is 12.4. The summed E-state index contributed by atoms with van der Waals surface area (Å²) in [5.41, 5.74) is 1.50. The zero-order valence-corrected chi connectivity index (χ0v) is 15.9. The number of carbonyl (C=O) groups excluding carboxylic acids is 1. The first-order valence-electron chi connectivity index (χ1n) is 9.15. The third-order valence-corrected chi connectivity index (χ3v) is 4.35. The lowest BCUT2D eigenvalue weighted by Crippen LogP contribution is -2.38. The van der Waals surface area contributed by atoms with Gasteiger partial charge in [-0.25, -0.2) is 4.98 Å². The Morgan fingerprint density at radius 3 is 2.68 bits per heavy atom. The van der Waals surface area contributed by atoms with Crippen LogP contribution in [0.25, 0.3) is 10.9 Å². The first-order chi connectivity index (χ1) is 13.7. The van der Waals surface area contributed by atoms with Gasteiger partial charge in [0.15, 0.2) is 0 Å². The Bertz CT molecular complexity index is 972. The fourth-order valence-electron chi connectivity index (χ4n) is 2.91. The SMILES string of the molecule is COCCN(CC(=O)NCc1ccccc1)Cc1nc2ccccc2c(=O)[nH]1. The first-order valence-corrected chi connectivity index (χ1v) is 9.15. The van der Waals surface area contributed by atoms with Gasteiger partial charge >= 0.3 is 0 Å². The smallest absolute Gasteiger partial charge is 0.258 e. The Kier molecular flexibility index (Phi) is 6.89. The van der Waals surface area contributed by atoms with Crippen LogP contribution in [0.1, 0.15) is 11.4 Å². The standard InChI is InChI=1S/C21H24N4O3/c1-28-12-11-25(15-20(26)22-13-16-7-3-2-4-8-16)14-19-23-18-10-6-5-9-17(18)21(27)24-19/h2-10H,11-15H2,1H3,(H,22,26)(H,23,24,27). The number of nitrogens with zero attached hydrogens (tertiary/aromatic N) is 2. The largest absolute Gasteiger partial charge is 0.383 e. The van der Waals surface area contributed by atoms with Crippen molar-refractivity contribution in [2.24, 2.45) is 0 Å². The molecular formula is C21H24N4O3. The molecule has 7 heteroatoms. The summed E-state index contributed by atoms with van der Waals surface area (Å²) >= 11 is 0. The van der Waals surface area contributed by atoms with Crippen molar-refractivity contribution in [3.63, 3.8) is 0 Å². The van der Waals surface area contributed by atoms with Gasteiger partial charge in [0, 0.05) is 20.2 Å². The van der Waals surface area contributed by atoms with Crippen molar-refractivity contribution < 1.29 is 9.53 Å². The van der Waals surface area contributed by atoms with Crippen LogP contribution in [0, 0.1) is 0 Å². The molecule has 2 N–H and O–H groups in total. The summed E-state index contributed by atoms with van der Waals surface area (Å²) in [7, 11) is 1.61. The zero-order valence-electron chi connectivity index (χ0n) is 15.9. The summed E-state index contributed by atoms with van der Waals surface area (Å²) in [6.45, 7) is 2.04. The second-order valence-corrected chi connectivity index (χ2v) is 6.50. The van der Waals surface area contributed by atoms with Gasteiger partial charge in [0.1, 0.15) is 5.82 Å². The lowest BCUT2D eigenvalue weighted by molar-refractivity contribution is -0.122. The molecular weight excluding hydrogens is 356 g/mol. The number of fused-ring (bicyclic) bond motifs is 1. The van der Waals surface area contributed by atoms with Gasteiger partial charge in [-0.15, -0.1) is 0 Å². The molecule has 1 heterocycles. The van der Waals surface area contributed by atoms with Gasteiger partial charge in [0.2, 0.25) is 5.91 Å². The monoisotopic (exact) mass is 380 g/mol. The molecule has 0 aliphatic carbocycles. The molecule has 0 radical (unpaired) electrons. The maximum atomic E-state index is 12.4. The van der Waals surface area contributed by atoms with Crippen LogP contribution in [0.4, 0.5) is 0 Å². The van der Waals surface area contributed by atoms with Crippen LogP contribution in [0.2, 0.25) is 0 Å². The van der Waals surface area contributed by atoms with E-state index in [9.17, 15) is 9.59 Å². The van der Waals surface area contributed by atoms with Crippen molar-refractivity contribution in [2.75, 3.05) is 26.8 Å². The number of ether oxygens (including phenoxy) is 1. The van der Waals surface area contributed by atoms with Crippen LogP contribution in [0.15, 0.2) is 59.4 Å². The zero-order chi connectivity index (χ0) is 19.8. The van der Waals surface area contributed by atoms with Crippen LogP contribution >= 0.6 is 0 Å². The topological polar surface area (TPSA) is 87.3 Å². The van der Waals surface area contributed by atoms with Gasteiger partial charge in [-0.2, -0.15) is 0 Å². The quantitative estimate of drug-likeness (QED) is 0.590. The van der Waals surface area contributed by atoms with Crippen LogP contribution in [0.5, 0.6) is 0 Å². The fourth-order valence-corrected chi connectivity index (χ4v) is 2.91. The minimum absolute atomic E-state index is 0.0944. The number of para-hydroxylation sites is 1. The molecule has 0 saturated heterocycles. The Balaban J connectivity index is 1.66. The van der Waals surface area contributed by atoms with Gasteiger partial charge in [-0.05, 0) is 17.7 Å². The number of aromatic amines is 1. The highest BCUT2D eigenvalue weighted by Crippen LogP contribution is 2.07. The van der Waals surface area contributed by atoms with Crippen molar-refractivity contribution in [3.05, 3.63) is 76.3 Å². The number of amides is 1. The Morgan fingerprint density at radius 1 is 1.14 bits per heavy atom. The second kappa shape index (κ2) is 9.77. The van der Waals surface area contributed by atoms with E-state index in [-0.39, 0.29) is 18.0 Å². The van der Waals surface area contributed by atoms with Gasteiger partial charge in [-0.1, -0.05) is 42.5 Å². The Labute approximate surface area is 163 Å². The number of H-pyrrole nitrogens is 1. The van der Waals surface area contributed by atoms with Crippen LogP contribution in [-0.4, -0.2) is 47.6 Å². The molecule has 28 heavy (non-hydrogen) atoms. The molecule has 0 fully saturated rings. The molecule has 7 nitrogen and oxygen atoms in total. The number of rotatable bonds is 9. The number of carbonyl (C=O) groups is 1. The highest BCUT2D eigenvalue weighted by atomic mass is 16.5. The molecule has 3 aromatic rings. The number of methoxy groups -OCH3 is 1. The first kappa shape index (κ1) is 19.7. The average Bonchev–Trinajstić information content (AvgIpc) is 2.71. The van der Waals surface area contributed by atoms with E-state index in [1.54, 1.807) is 25.3 Å². The third kappa shape index (κ3) is 5.48. The van der Waals surface area contributed by atoms with Crippen molar-refractivity contribution in [2.45, 2.75) is 13.1 Å². The average molecular weight is 380 g/mol. The molecule has 146 valence electrons. The van der Waals surface area contributed by atoms with Crippen molar-refractivity contribution in [1.29, 1.82) is 0 Å². The van der Waals surface area contributed by atoms with Gasteiger partial charge < -0.3 is 15.0 Å². The Morgan fingerprint density at radius 2 is 1.89 bits per heavy atom. The van der Waals surface area contributed by atoms with E-state index in [0.29, 0.717) is 43.0 Å². The van der Waals surface area contributed by atoms with E-state index in [4.69, 9.17) is 4.74 Å². The lowest BCUT2D eigenvalue weighted by atomic mass is 10.2. The van der Waals surface area contributed by atoms with E-state index in [0.717, 1.165) is 5.56 Å². The van der Waals surface area contributed by atoms with E-state index < -0.39 is 0 Å². The highest BCUT2D eigenvalue weighted by molar-refractivity contribution is 5.78. The summed E-state index contributed by atoms with van der Waals surface area (Å²) in [5, 5.41) is 3.47. The molecule has 0 atom stereocenters. The predicted octanol–water partition coefficient (Wildman–Crippen LogP) is 1.69. The van der Waals surface area contributed by atoms with E-state index in [1.807, 2.05) is 41.3 Å².